The number of nitrogens with zero attached hydrogens (tertiary/aromatic N) is 2. The molecule has 100 valence electrons. The zero-order chi connectivity index (χ0) is 13.0. The monoisotopic (exact) mass is 249 g/mol. The van der Waals surface area contributed by atoms with E-state index in [0.29, 0.717) is 12.3 Å². The lowest BCUT2D eigenvalue weighted by molar-refractivity contribution is 0.147. The minimum Gasteiger partial charge on any atom is -0.508 e. The largest absolute Gasteiger partial charge is 0.508 e. The quantitative estimate of drug-likeness (QED) is 0.822. The van der Waals surface area contributed by atoms with E-state index in [0.717, 1.165) is 44.7 Å². The highest BCUT2D eigenvalue weighted by atomic mass is 16.3. The van der Waals surface area contributed by atoms with Crippen molar-refractivity contribution in [3.8, 4) is 5.75 Å². The van der Waals surface area contributed by atoms with E-state index >= 15 is 0 Å². The van der Waals surface area contributed by atoms with Gasteiger partial charge >= 0.3 is 0 Å². The molecule has 0 bridgehead atoms. The van der Waals surface area contributed by atoms with Crippen molar-refractivity contribution >= 4 is 0 Å². The maximum atomic E-state index is 9.92. The summed E-state index contributed by atoms with van der Waals surface area (Å²) in [4.78, 5) is 4.72. The van der Waals surface area contributed by atoms with Crippen LogP contribution in [0.5, 0.6) is 5.75 Å². The van der Waals surface area contributed by atoms with Crippen molar-refractivity contribution in [1.82, 2.24) is 9.80 Å². The number of piperazine rings is 1. The number of aromatic hydroxyl groups is 1. The van der Waals surface area contributed by atoms with Gasteiger partial charge in [-0.15, -0.1) is 0 Å². The van der Waals surface area contributed by atoms with E-state index in [1.165, 1.54) is 5.56 Å². The van der Waals surface area contributed by atoms with Crippen molar-refractivity contribution in [3.63, 3.8) is 0 Å². The molecule has 0 aromatic heterocycles. The molecule has 4 nitrogen and oxygen atoms in total. The number of hydrogen-bond donors (Lipinski definition) is 2. The van der Waals surface area contributed by atoms with E-state index in [1.807, 2.05) is 6.07 Å². The summed E-state index contributed by atoms with van der Waals surface area (Å²) >= 11 is 0. The Labute approximate surface area is 109 Å². The lowest BCUT2D eigenvalue weighted by Gasteiger charge is -2.32. The molecule has 1 aliphatic rings. The molecule has 1 heterocycles. The Kier molecular flexibility index (Phi) is 4.58. The van der Waals surface area contributed by atoms with E-state index in [-0.39, 0.29) is 0 Å². The molecule has 1 aliphatic heterocycles. The minimum atomic E-state index is 0.398. The third kappa shape index (κ3) is 3.45. The summed E-state index contributed by atoms with van der Waals surface area (Å²) in [5, 5.41) is 9.92. The van der Waals surface area contributed by atoms with Gasteiger partial charge in [-0.3, -0.25) is 4.90 Å². The zero-order valence-corrected chi connectivity index (χ0v) is 11.1. The van der Waals surface area contributed by atoms with Crippen LogP contribution in [-0.2, 0) is 13.0 Å². The van der Waals surface area contributed by atoms with Crippen LogP contribution in [0, 0.1) is 0 Å². The fourth-order valence-electron chi connectivity index (χ4n) is 2.33. The molecule has 1 aromatic carbocycles. The average Bonchev–Trinajstić information content (AvgIpc) is 2.36. The molecule has 1 fully saturated rings. The third-order valence-corrected chi connectivity index (χ3v) is 3.57. The molecule has 0 spiro atoms. The molecule has 0 saturated carbocycles. The fraction of sp³-hybridized carbons (Fsp3) is 0.571. The van der Waals surface area contributed by atoms with Gasteiger partial charge in [0, 0.05) is 38.3 Å². The second-order valence-corrected chi connectivity index (χ2v) is 5.08. The summed E-state index contributed by atoms with van der Waals surface area (Å²) in [5.74, 6) is 0.398. The SMILES string of the molecule is CN1CCN(Cc2cc(CCN)ccc2O)CC1. The van der Waals surface area contributed by atoms with Crippen molar-refractivity contribution in [1.29, 1.82) is 0 Å². The van der Waals surface area contributed by atoms with Gasteiger partial charge in [-0.25, -0.2) is 0 Å². The van der Waals surface area contributed by atoms with E-state index < -0.39 is 0 Å². The first kappa shape index (κ1) is 13.3. The average molecular weight is 249 g/mol. The predicted molar refractivity (Wildman–Crippen MR) is 73.6 cm³/mol. The smallest absolute Gasteiger partial charge is 0.120 e. The number of phenols is 1. The van der Waals surface area contributed by atoms with Gasteiger partial charge in [-0.1, -0.05) is 12.1 Å². The number of likely N-dealkylation sites (N-methyl/N-ethyl adjacent to an activating group) is 1. The Bertz CT molecular complexity index is 387. The van der Waals surface area contributed by atoms with Crippen LogP contribution in [0.25, 0.3) is 0 Å². The van der Waals surface area contributed by atoms with Crippen molar-refractivity contribution < 1.29 is 5.11 Å². The highest BCUT2D eigenvalue weighted by Gasteiger charge is 2.15. The molecule has 0 aliphatic carbocycles. The second kappa shape index (κ2) is 6.18. The van der Waals surface area contributed by atoms with Gasteiger partial charge in [0.25, 0.3) is 0 Å². The molecule has 0 atom stereocenters. The summed E-state index contributed by atoms with van der Waals surface area (Å²) in [6.07, 6.45) is 0.871. The fourth-order valence-corrected chi connectivity index (χ4v) is 2.33. The standard InChI is InChI=1S/C14H23N3O/c1-16-6-8-17(9-7-16)11-13-10-12(4-5-15)2-3-14(13)18/h2-3,10,18H,4-9,11,15H2,1H3. The molecule has 1 aromatic rings. The van der Waals surface area contributed by atoms with Crippen molar-refractivity contribution in [2.24, 2.45) is 5.73 Å². The van der Waals surface area contributed by atoms with E-state index in [4.69, 9.17) is 5.73 Å². The van der Waals surface area contributed by atoms with Gasteiger partial charge < -0.3 is 15.7 Å². The van der Waals surface area contributed by atoms with Crippen LogP contribution in [0.3, 0.4) is 0 Å². The predicted octanol–water partition coefficient (Wildman–Crippen LogP) is 0.641. The molecular formula is C14H23N3O. The maximum Gasteiger partial charge on any atom is 0.120 e. The van der Waals surface area contributed by atoms with E-state index in [2.05, 4.69) is 22.9 Å². The van der Waals surface area contributed by atoms with Crippen LogP contribution in [0.4, 0.5) is 0 Å². The van der Waals surface area contributed by atoms with Gasteiger partial charge in [-0.05, 0) is 31.6 Å². The lowest BCUT2D eigenvalue weighted by Crippen LogP contribution is -2.43. The third-order valence-electron chi connectivity index (χ3n) is 3.57. The highest BCUT2D eigenvalue weighted by Crippen LogP contribution is 2.21. The summed E-state index contributed by atoms with van der Waals surface area (Å²) in [6.45, 7) is 5.82. The lowest BCUT2D eigenvalue weighted by atomic mass is 10.1. The summed E-state index contributed by atoms with van der Waals surface area (Å²) in [6, 6.07) is 5.83. The van der Waals surface area contributed by atoms with E-state index in [1.54, 1.807) is 6.07 Å². The molecule has 4 heteroatoms. The maximum absolute atomic E-state index is 9.92. The number of phenolic OH excluding ortho intramolecular Hbond substituents is 1. The summed E-state index contributed by atoms with van der Waals surface area (Å²) in [7, 11) is 2.15. The number of rotatable bonds is 4. The van der Waals surface area contributed by atoms with Crippen molar-refractivity contribution in [2.45, 2.75) is 13.0 Å². The van der Waals surface area contributed by atoms with Gasteiger partial charge in [0.1, 0.15) is 5.75 Å². The molecule has 0 unspecified atom stereocenters. The van der Waals surface area contributed by atoms with Crippen molar-refractivity contribution in [3.05, 3.63) is 29.3 Å². The highest BCUT2D eigenvalue weighted by molar-refractivity contribution is 5.36. The topological polar surface area (TPSA) is 52.7 Å². The molecular weight excluding hydrogens is 226 g/mol. The minimum absolute atomic E-state index is 0.398. The van der Waals surface area contributed by atoms with Crippen LogP contribution in [0.1, 0.15) is 11.1 Å². The van der Waals surface area contributed by atoms with Crippen LogP contribution in [0.15, 0.2) is 18.2 Å². The Balaban J connectivity index is 2.01. The molecule has 3 N–H and O–H groups in total. The second-order valence-electron chi connectivity index (χ2n) is 5.08. The molecule has 0 radical (unpaired) electrons. The van der Waals surface area contributed by atoms with Gasteiger partial charge in [0.2, 0.25) is 0 Å². The summed E-state index contributed by atoms with van der Waals surface area (Å²) in [5.41, 5.74) is 7.80. The van der Waals surface area contributed by atoms with Crippen LogP contribution >= 0.6 is 0 Å². The number of benzene rings is 1. The molecule has 1 saturated heterocycles. The van der Waals surface area contributed by atoms with Crippen LogP contribution in [-0.4, -0.2) is 54.7 Å². The van der Waals surface area contributed by atoms with Crippen LogP contribution < -0.4 is 5.73 Å². The molecule has 0 amide bonds. The Morgan fingerprint density at radius 3 is 2.61 bits per heavy atom. The first-order valence-corrected chi connectivity index (χ1v) is 6.61. The van der Waals surface area contributed by atoms with E-state index in [9.17, 15) is 5.11 Å². The Hall–Kier alpha value is -1.10. The van der Waals surface area contributed by atoms with Crippen LogP contribution in [0.2, 0.25) is 0 Å². The Morgan fingerprint density at radius 2 is 1.94 bits per heavy atom. The zero-order valence-electron chi connectivity index (χ0n) is 11.1. The normalized spacial score (nSPS) is 18.1. The van der Waals surface area contributed by atoms with Gasteiger partial charge in [-0.2, -0.15) is 0 Å². The van der Waals surface area contributed by atoms with Gasteiger partial charge in [0.15, 0.2) is 0 Å². The van der Waals surface area contributed by atoms with Gasteiger partial charge in [0.05, 0.1) is 0 Å². The molecule has 18 heavy (non-hydrogen) atoms. The number of nitrogens with two attached hydrogens (primary N) is 1. The van der Waals surface area contributed by atoms with Crippen molar-refractivity contribution in [2.75, 3.05) is 39.8 Å². The Morgan fingerprint density at radius 1 is 1.22 bits per heavy atom. The number of hydrogen-bond acceptors (Lipinski definition) is 4. The first-order chi connectivity index (χ1) is 8.69. The summed E-state index contributed by atoms with van der Waals surface area (Å²) < 4.78 is 0. The molecule has 2 rings (SSSR count). The first-order valence-electron chi connectivity index (χ1n) is 6.61.